The van der Waals surface area contributed by atoms with E-state index in [2.05, 4.69) is 17.3 Å². The molecule has 1 saturated carbocycles. The van der Waals surface area contributed by atoms with Crippen molar-refractivity contribution >= 4 is 5.91 Å². The molecule has 4 nitrogen and oxygen atoms in total. The summed E-state index contributed by atoms with van der Waals surface area (Å²) in [6.45, 7) is 1.28. The number of carbonyl (C=O) groups is 1. The molecule has 1 fully saturated rings. The van der Waals surface area contributed by atoms with Gasteiger partial charge in [-0.2, -0.15) is 0 Å². The molecule has 16 heavy (non-hydrogen) atoms. The summed E-state index contributed by atoms with van der Waals surface area (Å²) in [5, 5.41) is 11.2. The van der Waals surface area contributed by atoms with E-state index in [1.54, 1.807) is 0 Å². The number of aliphatic hydroxyl groups excluding tert-OH is 1. The van der Waals surface area contributed by atoms with Crippen molar-refractivity contribution in [3.63, 3.8) is 0 Å². The third kappa shape index (κ3) is 4.94. The highest BCUT2D eigenvalue weighted by atomic mass is 16.3. The second-order valence-electron chi connectivity index (χ2n) is 4.63. The van der Waals surface area contributed by atoms with E-state index in [0.29, 0.717) is 6.54 Å². The molecular weight excluding hydrogens is 204 g/mol. The Morgan fingerprint density at radius 2 is 2.06 bits per heavy atom. The van der Waals surface area contributed by atoms with E-state index in [4.69, 9.17) is 5.11 Å². The topological polar surface area (TPSA) is 52.6 Å². The molecule has 0 heterocycles. The molecule has 1 amide bonds. The van der Waals surface area contributed by atoms with Crippen molar-refractivity contribution in [3.8, 4) is 0 Å². The summed E-state index contributed by atoms with van der Waals surface area (Å²) in [4.78, 5) is 13.2. The molecule has 0 bridgehead atoms. The van der Waals surface area contributed by atoms with Gasteiger partial charge in [0.2, 0.25) is 5.91 Å². The Morgan fingerprint density at radius 1 is 1.38 bits per heavy atom. The van der Waals surface area contributed by atoms with Gasteiger partial charge in [-0.1, -0.05) is 19.3 Å². The zero-order valence-corrected chi connectivity index (χ0v) is 10.2. The second-order valence-corrected chi connectivity index (χ2v) is 4.63. The van der Waals surface area contributed by atoms with Gasteiger partial charge < -0.3 is 15.3 Å². The zero-order valence-electron chi connectivity index (χ0n) is 10.2. The molecule has 1 aliphatic rings. The molecular formula is C12H24N2O2. The van der Waals surface area contributed by atoms with Crippen LogP contribution in [0.3, 0.4) is 0 Å². The van der Waals surface area contributed by atoms with Crippen LogP contribution in [-0.4, -0.2) is 48.7 Å². The molecule has 1 rings (SSSR count). The summed E-state index contributed by atoms with van der Waals surface area (Å²) < 4.78 is 0. The van der Waals surface area contributed by atoms with Crippen molar-refractivity contribution in [2.24, 2.45) is 0 Å². The summed E-state index contributed by atoms with van der Waals surface area (Å²) in [5.41, 5.74) is 0. The Morgan fingerprint density at radius 3 is 2.69 bits per heavy atom. The monoisotopic (exact) mass is 228 g/mol. The number of carbonyl (C=O) groups excluding carboxylic acids is 1. The fourth-order valence-electron chi connectivity index (χ4n) is 2.32. The van der Waals surface area contributed by atoms with E-state index in [1.807, 2.05) is 0 Å². The Hall–Kier alpha value is -0.610. The van der Waals surface area contributed by atoms with Crippen molar-refractivity contribution in [1.82, 2.24) is 10.2 Å². The summed E-state index contributed by atoms with van der Waals surface area (Å²) in [5.74, 6) is -0.277. The van der Waals surface area contributed by atoms with E-state index in [-0.39, 0.29) is 5.91 Å². The van der Waals surface area contributed by atoms with Crippen LogP contribution in [0.15, 0.2) is 0 Å². The lowest BCUT2D eigenvalue weighted by molar-refractivity contribution is -0.123. The third-order valence-electron chi connectivity index (χ3n) is 3.35. The standard InChI is InChI=1S/C12H24N2O2/c1-14(11-6-3-2-4-7-11)9-5-8-13-12(16)10-15/h11,15H,2-10H2,1H3,(H,13,16). The summed E-state index contributed by atoms with van der Waals surface area (Å²) in [6.07, 6.45) is 7.70. The maximum atomic E-state index is 10.8. The van der Waals surface area contributed by atoms with Gasteiger partial charge >= 0.3 is 0 Å². The molecule has 0 unspecified atom stereocenters. The summed E-state index contributed by atoms with van der Waals surface area (Å²) >= 11 is 0. The van der Waals surface area contributed by atoms with Crippen LogP contribution >= 0.6 is 0 Å². The zero-order chi connectivity index (χ0) is 11.8. The van der Waals surface area contributed by atoms with Crippen molar-refractivity contribution in [2.45, 2.75) is 44.6 Å². The largest absolute Gasteiger partial charge is 0.387 e. The van der Waals surface area contributed by atoms with Gasteiger partial charge in [0.1, 0.15) is 6.61 Å². The van der Waals surface area contributed by atoms with Crippen molar-refractivity contribution < 1.29 is 9.90 Å². The van der Waals surface area contributed by atoms with Crippen molar-refractivity contribution in [3.05, 3.63) is 0 Å². The van der Waals surface area contributed by atoms with Gasteiger partial charge in [0.25, 0.3) is 0 Å². The first-order chi connectivity index (χ1) is 7.74. The Bertz CT molecular complexity index is 203. The highest BCUT2D eigenvalue weighted by Crippen LogP contribution is 2.21. The second kappa shape index (κ2) is 7.63. The minimum absolute atomic E-state index is 0.277. The van der Waals surface area contributed by atoms with Crippen molar-refractivity contribution in [1.29, 1.82) is 0 Å². The number of hydrogen-bond acceptors (Lipinski definition) is 3. The number of hydrogen-bond donors (Lipinski definition) is 2. The first kappa shape index (κ1) is 13.5. The van der Waals surface area contributed by atoms with Crippen LogP contribution in [0, 0.1) is 0 Å². The van der Waals surface area contributed by atoms with E-state index < -0.39 is 6.61 Å². The first-order valence-corrected chi connectivity index (χ1v) is 6.32. The molecule has 0 saturated heterocycles. The Labute approximate surface area is 98.0 Å². The maximum Gasteiger partial charge on any atom is 0.245 e. The quantitative estimate of drug-likeness (QED) is 0.660. The van der Waals surface area contributed by atoms with Gasteiger partial charge in [-0.15, -0.1) is 0 Å². The maximum absolute atomic E-state index is 10.8. The van der Waals surface area contributed by atoms with Crippen LogP contribution in [0.2, 0.25) is 0 Å². The fraction of sp³-hybridized carbons (Fsp3) is 0.917. The number of amides is 1. The third-order valence-corrected chi connectivity index (χ3v) is 3.35. The van der Waals surface area contributed by atoms with Gasteiger partial charge in [-0.25, -0.2) is 0 Å². The Balaban J connectivity index is 2.05. The number of aliphatic hydroxyl groups is 1. The molecule has 0 radical (unpaired) electrons. The van der Waals surface area contributed by atoms with Crippen LogP contribution < -0.4 is 5.32 Å². The van der Waals surface area contributed by atoms with Gasteiger partial charge in [0, 0.05) is 12.6 Å². The smallest absolute Gasteiger partial charge is 0.245 e. The highest BCUT2D eigenvalue weighted by molar-refractivity contribution is 5.76. The fourth-order valence-corrected chi connectivity index (χ4v) is 2.32. The average Bonchev–Trinajstić information content (AvgIpc) is 2.35. The first-order valence-electron chi connectivity index (χ1n) is 6.32. The van der Waals surface area contributed by atoms with E-state index >= 15 is 0 Å². The molecule has 0 atom stereocenters. The molecule has 0 aromatic carbocycles. The van der Waals surface area contributed by atoms with Crippen LogP contribution in [0.4, 0.5) is 0 Å². The molecule has 4 heteroatoms. The van der Waals surface area contributed by atoms with E-state index in [0.717, 1.165) is 19.0 Å². The highest BCUT2D eigenvalue weighted by Gasteiger charge is 2.17. The lowest BCUT2D eigenvalue weighted by Gasteiger charge is -2.31. The Kier molecular flexibility index (Phi) is 6.42. The molecule has 1 aliphatic carbocycles. The molecule has 0 aliphatic heterocycles. The lowest BCUT2D eigenvalue weighted by Crippen LogP contribution is -2.36. The number of nitrogens with zero attached hydrogens (tertiary/aromatic N) is 1. The summed E-state index contributed by atoms with van der Waals surface area (Å²) in [7, 11) is 2.17. The molecule has 0 aromatic heterocycles. The summed E-state index contributed by atoms with van der Waals surface area (Å²) in [6, 6.07) is 0.738. The van der Waals surface area contributed by atoms with Gasteiger partial charge in [-0.05, 0) is 32.9 Å². The minimum Gasteiger partial charge on any atom is -0.387 e. The van der Waals surface area contributed by atoms with E-state index in [1.165, 1.54) is 32.1 Å². The van der Waals surface area contributed by atoms with Gasteiger partial charge in [0.15, 0.2) is 0 Å². The normalized spacial score (nSPS) is 17.7. The SMILES string of the molecule is CN(CCCNC(=O)CO)C1CCCCC1. The van der Waals surface area contributed by atoms with E-state index in [9.17, 15) is 4.79 Å². The minimum atomic E-state index is -0.404. The molecule has 2 N–H and O–H groups in total. The number of rotatable bonds is 6. The molecule has 94 valence electrons. The van der Waals surface area contributed by atoms with Crippen LogP contribution in [0.1, 0.15) is 38.5 Å². The van der Waals surface area contributed by atoms with Crippen molar-refractivity contribution in [2.75, 3.05) is 26.7 Å². The van der Waals surface area contributed by atoms with Crippen LogP contribution in [0.5, 0.6) is 0 Å². The average molecular weight is 228 g/mol. The predicted molar refractivity (Wildman–Crippen MR) is 64.2 cm³/mol. The van der Waals surface area contributed by atoms with Crippen LogP contribution in [0.25, 0.3) is 0 Å². The lowest BCUT2D eigenvalue weighted by atomic mass is 9.94. The molecule has 0 aromatic rings. The number of nitrogens with one attached hydrogen (secondary N) is 1. The molecule has 0 spiro atoms. The van der Waals surface area contributed by atoms with Crippen LogP contribution in [-0.2, 0) is 4.79 Å². The van der Waals surface area contributed by atoms with Gasteiger partial charge in [-0.3, -0.25) is 4.79 Å². The predicted octanol–water partition coefficient (Wildman–Crippen LogP) is 0.749. The van der Waals surface area contributed by atoms with Gasteiger partial charge in [0.05, 0.1) is 0 Å².